The molecular weight excluding hydrogens is 236 g/mol. The molecule has 0 radical (unpaired) electrons. The van der Waals surface area contributed by atoms with Crippen LogP contribution < -0.4 is 4.90 Å². The van der Waals surface area contributed by atoms with Crippen LogP contribution in [0.1, 0.15) is 37.0 Å². The number of hydrogen-bond acceptors (Lipinski definition) is 3. The Morgan fingerprint density at radius 1 is 1.21 bits per heavy atom. The number of carbonyl (C=O) groups excluding carboxylic acids is 1. The number of nitrogens with zero attached hydrogens (tertiary/aromatic N) is 2. The summed E-state index contributed by atoms with van der Waals surface area (Å²) in [6.07, 6.45) is 2.05. The Labute approximate surface area is 115 Å². The van der Waals surface area contributed by atoms with E-state index in [1.807, 2.05) is 18.2 Å². The van der Waals surface area contributed by atoms with Gasteiger partial charge in [0.2, 0.25) is 0 Å². The molecule has 102 valence electrons. The van der Waals surface area contributed by atoms with Gasteiger partial charge in [-0.15, -0.1) is 0 Å². The van der Waals surface area contributed by atoms with Crippen LogP contribution in [0.15, 0.2) is 24.3 Å². The van der Waals surface area contributed by atoms with Crippen LogP contribution in [0.3, 0.4) is 0 Å². The van der Waals surface area contributed by atoms with E-state index in [0.29, 0.717) is 5.78 Å². The summed E-state index contributed by atoms with van der Waals surface area (Å²) in [4.78, 5) is 17.3. The van der Waals surface area contributed by atoms with Gasteiger partial charge in [0.25, 0.3) is 0 Å². The molecule has 0 saturated heterocycles. The van der Waals surface area contributed by atoms with Gasteiger partial charge >= 0.3 is 0 Å². The first-order valence-electron chi connectivity index (χ1n) is 7.36. The second-order valence-electron chi connectivity index (χ2n) is 5.56. The number of benzene rings is 1. The van der Waals surface area contributed by atoms with Gasteiger partial charge in [-0.2, -0.15) is 0 Å². The number of fused-ring (bicyclic) bond motifs is 1. The number of rotatable bonds is 5. The van der Waals surface area contributed by atoms with Crippen molar-refractivity contribution in [2.75, 3.05) is 31.1 Å². The second kappa shape index (κ2) is 4.64. The van der Waals surface area contributed by atoms with Crippen LogP contribution in [0.4, 0.5) is 5.69 Å². The van der Waals surface area contributed by atoms with E-state index in [4.69, 9.17) is 0 Å². The molecule has 0 bridgehead atoms. The van der Waals surface area contributed by atoms with Crippen molar-refractivity contribution >= 4 is 11.5 Å². The number of para-hydroxylation sites is 1. The predicted octanol–water partition coefficient (Wildman–Crippen LogP) is 2.56. The molecule has 1 aromatic carbocycles. The standard InChI is InChI=1S/C16H22N2O/c1-3-17(4-2)11-12-18-14-8-6-5-7-13(14)15(19)16(18)9-10-16/h5-8H,3-4,9-12H2,1-2H3. The molecule has 0 unspecified atom stereocenters. The Balaban J connectivity index is 1.82. The van der Waals surface area contributed by atoms with Crippen molar-refractivity contribution in [3.8, 4) is 0 Å². The van der Waals surface area contributed by atoms with E-state index >= 15 is 0 Å². The lowest BCUT2D eigenvalue weighted by Crippen LogP contribution is -2.42. The lowest BCUT2D eigenvalue weighted by Gasteiger charge is -2.29. The molecular formula is C16H22N2O. The van der Waals surface area contributed by atoms with E-state index < -0.39 is 0 Å². The van der Waals surface area contributed by atoms with E-state index in [1.54, 1.807) is 0 Å². The highest BCUT2D eigenvalue weighted by Gasteiger charge is 2.59. The quantitative estimate of drug-likeness (QED) is 0.811. The minimum absolute atomic E-state index is 0.170. The molecule has 1 fully saturated rings. The number of anilines is 1. The maximum absolute atomic E-state index is 12.5. The Morgan fingerprint density at radius 3 is 2.53 bits per heavy atom. The summed E-state index contributed by atoms with van der Waals surface area (Å²) in [7, 11) is 0. The van der Waals surface area contributed by atoms with Crippen LogP contribution in [0, 0.1) is 0 Å². The molecule has 1 aliphatic heterocycles. The molecule has 0 N–H and O–H groups in total. The molecule has 0 amide bonds. The smallest absolute Gasteiger partial charge is 0.190 e. The third-order valence-electron chi connectivity index (χ3n) is 4.64. The van der Waals surface area contributed by atoms with Gasteiger partial charge in [-0.25, -0.2) is 0 Å². The zero-order chi connectivity index (χ0) is 13.5. The number of hydrogen-bond donors (Lipinski definition) is 0. The summed E-state index contributed by atoms with van der Waals surface area (Å²) in [5, 5.41) is 0. The van der Waals surface area contributed by atoms with Gasteiger partial charge in [-0.3, -0.25) is 4.79 Å². The van der Waals surface area contributed by atoms with Gasteiger partial charge in [-0.1, -0.05) is 26.0 Å². The predicted molar refractivity (Wildman–Crippen MR) is 77.9 cm³/mol. The van der Waals surface area contributed by atoms with Gasteiger partial charge in [0, 0.05) is 24.3 Å². The fraction of sp³-hybridized carbons (Fsp3) is 0.562. The maximum atomic E-state index is 12.5. The number of likely N-dealkylation sites (N-methyl/N-ethyl adjacent to an activating group) is 1. The van der Waals surface area contributed by atoms with Crippen molar-refractivity contribution in [3.05, 3.63) is 29.8 Å². The van der Waals surface area contributed by atoms with E-state index in [1.165, 1.54) is 0 Å². The molecule has 19 heavy (non-hydrogen) atoms. The topological polar surface area (TPSA) is 23.6 Å². The first-order chi connectivity index (χ1) is 9.23. The molecule has 1 aliphatic carbocycles. The van der Waals surface area contributed by atoms with Gasteiger partial charge < -0.3 is 9.80 Å². The Kier molecular flexibility index (Phi) is 3.09. The summed E-state index contributed by atoms with van der Waals surface area (Å²) in [6, 6.07) is 8.09. The summed E-state index contributed by atoms with van der Waals surface area (Å²) in [5.41, 5.74) is 1.91. The van der Waals surface area contributed by atoms with Crippen molar-refractivity contribution < 1.29 is 4.79 Å². The van der Waals surface area contributed by atoms with E-state index in [9.17, 15) is 4.79 Å². The highest BCUT2D eigenvalue weighted by molar-refractivity contribution is 6.15. The molecule has 1 aromatic rings. The Morgan fingerprint density at radius 2 is 1.89 bits per heavy atom. The van der Waals surface area contributed by atoms with E-state index in [-0.39, 0.29) is 5.54 Å². The van der Waals surface area contributed by atoms with Crippen molar-refractivity contribution in [2.24, 2.45) is 0 Å². The highest BCUT2D eigenvalue weighted by Crippen LogP contribution is 2.52. The minimum Gasteiger partial charge on any atom is -0.357 e. The van der Waals surface area contributed by atoms with Crippen LogP contribution in [-0.2, 0) is 0 Å². The maximum Gasteiger partial charge on any atom is 0.190 e. The molecule has 1 heterocycles. The summed E-state index contributed by atoms with van der Waals surface area (Å²) >= 11 is 0. The summed E-state index contributed by atoms with van der Waals surface area (Å²) in [6.45, 7) is 8.54. The molecule has 3 nitrogen and oxygen atoms in total. The average Bonchev–Trinajstić information content (AvgIpc) is 3.20. The summed E-state index contributed by atoms with van der Waals surface area (Å²) < 4.78 is 0. The average molecular weight is 258 g/mol. The highest BCUT2D eigenvalue weighted by atomic mass is 16.1. The SMILES string of the molecule is CCN(CC)CCN1c2ccccc2C(=O)C12CC2. The third-order valence-corrected chi connectivity index (χ3v) is 4.64. The number of carbonyl (C=O) groups is 1. The molecule has 0 atom stereocenters. The lowest BCUT2D eigenvalue weighted by atomic mass is 10.1. The molecule has 1 spiro atoms. The number of ketones is 1. The van der Waals surface area contributed by atoms with Crippen molar-refractivity contribution in [2.45, 2.75) is 32.2 Å². The second-order valence-corrected chi connectivity index (χ2v) is 5.56. The Bertz CT molecular complexity index is 489. The van der Waals surface area contributed by atoms with Crippen molar-refractivity contribution in [1.82, 2.24) is 4.90 Å². The van der Waals surface area contributed by atoms with Crippen LogP contribution >= 0.6 is 0 Å². The summed E-state index contributed by atoms with van der Waals surface area (Å²) in [5.74, 6) is 0.350. The zero-order valence-electron chi connectivity index (χ0n) is 11.9. The van der Waals surface area contributed by atoms with Gasteiger partial charge in [0.15, 0.2) is 5.78 Å². The Hall–Kier alpha value is -1.35. The van der Waals surface area contributed by atoms with Crippen LogP contribution in [0.5, 0.6) is 0 Å². The lowest BCUT2D eigenvalue weighted by molar-refractivity contribution is 0.0958. The van der Waals surface area contributed by atoms with Gasteiger partial charge in [0.05, 0.1) is 0 Å². The van der Waals surface area contributed by atoms with Crippen LogP contribution in [-0.4, -0.2) is 42.4 Å². The minimum atomic E-state index is -0.170. The largest absolute Gasteiger partial charge is 0.357 e. The van der Waals surface area contributed by atoms with Crippen LogP contribution in [0.2, 0.25) is 0 Å². The molecule has 1 saturated carbocycles. The van der Waals surface area contributed by atoms with E-state index in [2.05, 4.69) is 29.7 Å². The molecule has 0 aromatic heterocycles. The fourth-order valence-corrected chi connectivity index (χ4v) is 3.24. The normalized spacial score (nSPS) is 19.3. The first-order valence-corrected chi connectivity index (χ1v) is 7.36. The molecule has 2 aliphatic rings. The number of Topliss-reactive ketones (excluding diaryl/α,β-unsaturated/α-hetero) is 1. The third kappa shape index (κ3) is 1.88. The van der Waals surface area contributed by atoms with Crippen molar-refractivity contribution in [1.29, 1.82) is 0 Å². The van der Waals surface area contributed by atoms with Gasteiger partial charge in [0.1, 0.15) is 5.54 Å². The monoisotopic (exact) mass is 258 g/mol. The molecule has 3 rings (SSSR count). The van der Waals surface area contributed by atoms with Crippen molar-refractivity contribution in [3.63, 3.8) is 0 Å². The fourth-order valence-electron chi connectivity index (χ4n) is 3.24. The molecule has 3 heteroatoms. The first kappa shape index (κ1) is 12.7. The van der Waals surface area contributed by atoms with E-state index in [0.717, 1.165) is 50.3 Å². The van der Waals surface area contributed by atoms with Crippen LogP contribution in [0.25, 0.3) is 0 Å². The van der Waals surface area contributed by atoms with Gasteiger partial charge in [-0.05, 0) is 38.1 Å². The zero-order valence-corrected chi connectivity index (χ0v) is 11.9.